The highest BCUT2D eigenvalue weighted by molar-refractivity contribution is 7.89. The number of nitrogens with one attached hydrogen (secondary N) is 1. The van der Waals surface area contributed by atoms with Gasteiger partial charge in [-0.25, -0.2) is 13.4 Å². The average molecular weight is 267 g/mol. The maximum Gasteiger partial charge on any atom is 0.244 e. The second-order valence-electron chi connectivity index (χ2n) is 3.79. The maximum absolute atomic E-state index is 12.2. The average Bonchev–Trinajstić information content (AvgIpc) is 2.82. The molecule has 3 N–H and O–H groups in total. The quantitative estimate of drug-likeness (QED) is 0.823. The Kier molecular flexibility index (Phi) is 3.30. The molecule has 7 nitrogen and oxygen atoms in total. The molecule has 2 rings (SSSR count). The van der Waals surface area contributed by atoms with Gasteiger partial charge in [-0.2, -0.15) is 9.40 Å². The van der Waals surface area contributed by atoms with E-state index >= 15 is 0 Å². The molecule has 96 valence electrons. The summed E-state index contributed by atoms with van der Waals surface area (Å²) < 4.78 is 25.6. The zero-order valence-corrected chi connectivity index (χ0v) is 10.6. The van der Waals surface area contributed by atoms with Crippen LogP contribution < -0.4 is 5.73 Å². The van der Waals surface area contributed by atoms with Crippen LogP contribution >= 0.6 is 0 Å². The molecule has 8 heteroatoms. The number of hydrogen-bond acceptors (Lipinski definition) is 5. The van der Waals surface area contributed by atoms with Crippen molar-refractivity contribution in [3.63, 3.8) is 0 Å². The summed E-state index contributed by atoms with van der Waals surface area (Å²) in [6, 6.07) is 2.89. The Morgan fingerprint density at radius 1 is 1.39 bits per heavy atom. The normalized spacial score (nSPS) is 11.9. The van der Waals surface area contributed by atoms with E-state index in [1.165, 1.54) is 29.7 Å². The lowest BCUT2D eigenvalue weighted by Gasteiger charge is -2.15. The van der Waals surface area contributed by atoms with Gasteiger partial charge in [0.1, 0.15) is 10.7 Å². The number of anilines is 1. The summed E-state index contributed by atoms with van der Waals surface area (Å²) in [7, 11) is -2.06. The van der Waals surface area contributed by atoms with Crippen molar-refractivity contribution in [1.29, 1.82) is 0 Å². The van der Waals surface area contributed by atoms with Crippen LogP contribution in [0.5, 0.6) is 0 Å². The van der Waals surface area contributed by atoms with Gasteiger partial charge in [0.25, 0.3) is 0 Å². The number of aromatic amines is 1. The Labute approximate surface area is 105 Å². The molecule has 2 heterocycles. The van der Waals surface area contributed by atoms with Gasteiger partial charge in [0.2, 0.25) is 10.0 Å². The van der Waals surface area contributed by atoms with Gasteiger partial charge in [-0.05, 0) is 12.1 Å². The predicted molar refractivity (Wildman–Crippen MR) is 65.9 cm³/mol. The van der Waals surface area contributed by atoms with Gasteiger partial charge in [0.05, 0.1) is 6.20 Å². The van der Waals surface area contributed by atoms with E-state index in [1.807, 2.05) is 0 Å². The number of rotatable bonds is 4. The summed E-state index contributed by atoms with van der Waals surface area (Å²) in [6.07, 6.45) is 4.47. The van der Waals surface area contributed by atoms with E-state index in [1.54, 1.807) is 12.4 Å². The first-order valence-electron chi connectivity index (χ1n) is 5.15. The van der Waals surface area contributed by atoms with Crippen molar-refractivity contribution in [2.45, 2.75) is 11.4 Å². The number of hydrogen-bond donors (Lipinski definition) is 2. The largest absolute Gasteiger partial charge is 0.384 e. The number of nitrogens with two attached hydrogens (primary N) is 1. The molecular formula is C10H13N5O2S. The summed E-state index contributed by atoms with van der Waals surface area (Å²) in [5, 5.41) is 6.40. The summed E-state index contributed by atoms with van der Waals surface area (Å²) in [5.41, 5.74) is 6.21. The van der Waals surface area contributed by atoms with Crippen LogP contribution in [0.3, 0.4) is 0 Å². The highest BCUT2D eigenvalue weighted by atomic mass is 32.2. The van der Waals surface area contributed by atoms with Gasteiger partial charge in [-0.3, -0.25) is 5.10 Å². The monoisotopic (exact) mass is 267 g/mol. The molecule has 18 heavy (non-hydrogen) atoms. The number of nitrogen functional groups attached to an aromatic ring is 1. The minimum absolute atomic E-state index is 0.114. The number of H-pyrrole nitrogens is 1. The molecule has 0 aromatic carbocycles. The molecule has 0 bridgehead atoms. The highest BCUT2D eigenvalue weighted by Crippen LogP contribution is 2.16. The van der Waals surface area contributed by atoms with E-state index in [4.69, 9.17) is 5.73 Å². The molecule has 2 aromatic heterocycles. The van der Waals surface area contributed by atoms with E-state index in [2.05, 4.69) is 15.2 Å². The third-order valence-electron chi connectivity index (χ3n) is 2.43. The summed E-state index contributed by atoms with van der Waals surface area (Å²) >= 11 is 0. The molecular weight excluding hydrogens is 254 g/mol. The van der Waals surface area contributed by atoms with E-state index in [9.17, 15) is 8.42 Å². The molecule has 2 aromatic rings. The van der Waals surface area contributed by atoms with Crippen molar-refractivity contribution < 1.29 is 8.42 Å². The second kappa shape index (κ2) is 4.75. The lowest BCUT2D eigenvalue weighted by molar-refractivity contribution is 0.466. The van der Waals surface area contributed by atoms with Crippen LogP contribution in [0.25, 0.3) is 0 Å². The van der Waals surface area contributed by atoms with Crippen LogP contribution in [0.4, 0.5) is 5.82 Å². The van der Waals surface area contributed by atoms with Gasteiger partial charge in [-0.1, -0.05) is 0 Å². The predicted octanol–water partition coefficient (Wildman–Crippen LogP) is 0.208. The van der Waals surface area contributed by atoms with Crippen LogP contribution in [0, 0.1) is 0 Å². The standard InChI is InChI=1S/C10H13N5O2S/c1-15(7-8-4-13-14-5-8)18(16,17)9-2-3-10(11)12-6-9/h2-6H,7H2,1H3,(H2,11,12)(H,13,14). The number of sulfonamides is 1. The number of nitrogens with zero attached hydrogens (tertiary/aromatic N) is 3. The van der Waals surface area contributed by atoms with E-state index in [-0.39, 0.29) is 17.3 Å². The van der Waals surface area contributed by atoms with Crippen molar-refractivity contribution in [2.24, 2.45) is 0 Å². The number of aromatic nitrogens is 3. The van der Waals surface area contributed by atoms with Crippen molar-refractivity contribution in [2.75, 3.05) is 12.8 Å². The molecule has 0 fully saturated rings. The smallest absolute Gasteiger partial charge is 0.244 e. The van der Waals surface area contributed by atoms with E-state index in [0.717, 1.165) is 5.56 Å². The minimum Gasteiger partial charge on any atom is -0.384 e. The van der Waals surface area contributed by atoms with Crippen molar-refractivity contribution in [3.8, 4) is 0 Å². The minimum atomic E-state index is -3.56. The van der Waals surface area contributed by atoms with Crippen LogP contribution in [-0.2, 0) is 16.6 Å². The number of pyridine rings is 1. The van der Waals surface area contributed by atoms with Gasteiger partial charge >= 0.3 is 0 Å². The Hall–Kier alpha value is -1.93. The second-order valence-corrected chi connectivity index (χ2v) is 5.83. The van der Waals surface area contributed by atoms with E-state index in [0.29, 0.717) is 0 Å². The van der Waals surface area contributed by atoms with Crippen LogP contribution in [-0.4, -0.2) is 35.0 Å². The van der Waals surface area contributed by atoms with Crippen LogP contribution in [0.2, 0.25) is 0 Å². The molecule has 0 unspecified atom stereocenters. The van der Waals surface area contributed by atoms with Crippen molar-refractivity contribution in [1.82, 2.24) is 19.5 Å². The molecule has 0 aliphatic rings. The summed E-state index contributed by atoms with van der Waals surface area (Å²) in [4.78, 5) is 3.89. The molecule has 0 aliphatic carbocycles. The first-order valence-corrected chi connectivity index (χ1v) is 6.59. The molecule has 0 saturated heterocycles. The summed E-state index contributed by atoms with van der Waals surface area (Å²) in [6.45, 7) is 0.239. The van der Waals surface area contributed by atoms with Gasteiger partial charge in [-0.15, -0.1) is 0 Å². The lowest BCUT2D eigenvalue weighted by Crippen LogP contribution is -2.26. The van der Waals surface area contributed by atoms with E-state index < -0.39 is 10.0 Å². The topological polar surface area (TPSA) is 105 Å². The Morgan fingerprint density at radius 2 is 2.17 bits per heavy atom. The van der Waals surface area contributed by atoms with Crippen molar-refractivity contribution >= 4 is 15.8 Å². The SMILES string of the molecule is CN(Cc1cn[nH]c1)S(=O)(=O)c1ccc(N)nc1. The Bertz CT molecular complexity index is 606. The zero-order chi connectivity index (χ0) is 13.2. The molecule has 0 aliphatic heterocycles. The molecule has 0 radical (unpaired) electrons. The Balaban J connectivity index is 2.22. The molecule has 0 atom stereocenters. The fraction of sp³-hybridized carbons (Fsp3) is 0.200. The third-order valence-corrected chi connectivity index (χ3v) is 4.21. The first kappa shape index (κ1) is 12.5. The highest BCUT2D eigenvalue weighted by Gasteiger charge is 2.21. The van der Waals surface area contributed by atoms with Gasteiger partial charge < -0.3 is 5.73 Å². The van der Waals surface area contributed by atoms with Gasteiger partial charge in [0, 0.05) is 31.5 Å². The summed E-state index contributed by atoms with van der Waals surface area (Å²) in [5.74, 6) is 0.284. The first-order chi connectivity index (χ1) is 8.50. The zero-order valence-electron chi connectivity index (χ0n) is 9.74. The van der Waals surface area contributed by atoms with Crippen LogP contribution in [0.15, 0.2) is 35.6 Å². The van der Waals surface area contributed by atoms with Crippen LogP contribution in [0.1, 0.15) is 5.56 Å². The fourth-order valence-corrected chi connectivity index (χ4v) is 2.54. The van der Waals surface area contributed by atoms with Gasteiger partial charge in [0.15, 0.2) is 0 Å². The molecule has 0 amide bonds. The fourth-order valence-electron chi connectivity index (χ4n) is 1.43. The van der Waals surface area contributed by atoms with Crippen molar-refractivity contribution in [3.05, 3.63) is 36.3 Å². The molecule has 0 spiro atoms. The molecule has 0 saturated carbocycles. The maximum atomic E-state index is 12.2. The third kappa shape index (κ3) is 2.49. The Morgan fingerprint density at radius 3 is 2.72 bits per heavy atom. The lowest BCUT2D eigenvalue weighted by atomic mass is 10.4.